The van der Waals surface area contributed by atoms with E-state index in [1.807, 2.05) is 66.7 Å². The van der Waals surface area contributed by atoms with Crippen molar-refractivity contribution in [3.8, 4) is 0 Å². The first-order chi connectivity index (χ1) is 21.7. The van der Waals surface area contributed by atoms with Gasteiger partial charge in [-0.2, -0.15) is 0 Å². The zero-order valence-corrected chi connectivity index (χ0v) is 25.5. The van der Waals surface area contributed by atoms with E-state index in [1.54, 1.807) is 9.80 Å². The monoisotopic (exact) mass is 616 g/mol. The van der Waals surface area contributed by atoms with Crippen molar-refractivity contribution in [2.75, 3.05) is 19.6 Å². The molecule has 4 unspecified atom stereocenters. The van der Waals surface area contributed by atoms with Gasteiger partial charge in [0, 0.05) is 38.5 Å². The summed E-state index contributed by atoms with van der Waals surface area (Å²) in [5, 5.41) is 34.8. The smallest absolute Gasteiger partial charge is 0.249 e. The lowest BCUT2D eigenvalue weighted by Crippen LogP contribution is -2.58. The SMILES string of the molecule is N=C(N)N1CC=C(CCNC(=O)[C@@H]2CC3CCC(O)CC3N2C(=O)C(Cc2ccccc2)NC(=O)[C@H](O)Cc2ccccc2)C1. The molecule has 2 heterocycles. The number of nitrogens with one attached hydrogen (secondary N) is 3. The quantitative estimate of drug-likeness (QED) is 0.125. The van der Waals surface area contributed by atoms with Crippen LogP contribution in [0.1, 0.15) is 43.2 Å². The number of guanidine groups is 1. The van der Waals surface area contributed by atoms with E-state index in [0.29, 0.717) is 51.7 Å². The number of amides is 3. The topological polar surface area (TPSA) is 172 Å². The second-order valence-electron chi connectivity index (χ2n) is 12.4. The van der Waals surface area contributed by atoms with Gasteiger partial charge in [0.25, 0.3) is 0 Å². The standard InChI is InChI=1S/C34H44N6O5/c35-34(36)39-16-14-24(21-39)13-15-37-31(43)29-19-25-11-12-26(41)20-28(25)40(29)33(45)27(17-22-7-3-1-4-8-22)38-32(44)30(42)18-23-9-5-2-6-10-23/h1-10,14,25-30,41-42H,11-13,15-21H2,(H3,35,36)(H,37,43)(H,38,44)/t25?,26?,27?,28?,29-,30+/m0/s1. The predicted molar refractivity (Wildman–Crippen MR) is 170 cm³/mol. The minimum absolute atomic E-state index is 0.0138. The van der Waals surface area contributed by atoms with Crippen molar-refractivity contribution < 1.29 is 24.6 Å². The molecule has 2 fully saturated rings. The summed E-state index contributed by atoms with van der Waals surface area (Å²) in [6.45, 7) is 1.50. The van der Waals surface area contributed by atoms with Gasteiger partial charge in [0.1, 0.15) is 18.2 Å². The summed E-state index contributed by atoms with van der Waals surface area (Å²) in [7, 11) is 0. The van der Waals surface area contributed by atoms with Gasteiger partial charge in [0.2, 0.25) is 17.7 Å². The number of aliphatic hydroxyl groups is 2. The Labute approximate surface area is 264 Å². The lowest BCUT2D eigenvalue weighted by atomic mass is 9.83. The van der Waals surface area contributed by atoms with Crippen LogP contribution in [0.3, 0.4) is 0 Å². The molecule has 11 heteroatoms. The van der Waals surface area contributed by atoms with Crippen LogP contribution >= 0.6 is 0 Å². The highest BCUT2D eigenvalue weighted by Gasteiger charge is 2.50. The van der Waals surface area contributed by atoms with Crippen LogP contribution in [0.4, 0.5) is 0 Å². The fourth-order valence-corrected chi connectivity index (χ4v) is 6.86. The van der Waals surface area contributed by atoms with Crippen molar-refractivity contribution in [1.29, 1.82) is 5.41 Å². The molecule has 3 aliphatic rings. The third kappa shape index (κ3) is 8.09. The average Bonchev–Trinajstić information content (AvgIpc) is 3.66. The minimum atomic E-state index is -1.36. The Balaban J connectivity index is 1.32. The Bertz CT molecular complexity index is 1390. The molecule has 240 valence electrons. The third-order valence-corrected chi connectivity index (χ3v) is 9.26. The molecule has 1 saturated heterocycles. The molecule has 0 aromatic heterocycles. The Kier molecular flexibility index (Phi) is 10.5. The number of aliphatic hydroxyl groups excluding tert-OH is 2. The van der Waals surface area contributed by atoms with Crippen molar-refractivity contribution in [2.24, 2.45) is 11.7 Å². The summed E-state index contributed by atoms with van der Waals surface area (Å²) >= 11 is 0. The fourth-order valence-electron chi connectivity index (χ4n) is 6.86. The molecular weight excluding hydrogens is 572 g/mol. The summed E-state index contributed by atoms with van der Waals surface area (Å²) < 4.78 is 0. The highest BCUT2D eigenvalue weighted by molar-refractivity contribution is 5.94. The molecule has 0 radical (unpaired) electrons. The van der Waals surface area contributed by atoms with Gasteiger partial charge in [-0.15, -0.1) is 0 Å². The summed E-state index contributed by atoms with van der Waals surface area (Å²) in [6, 6.07) is 16.4. The summed E-state index contributed by atoms with van der Waals surface area (Å²) in [6.07, 6.45) is 3.16. The first-order valence-electron chi connectivity index (χ1n) is 15.8. The maximum absolute atomic E-state index is 14.4. The number of hydrogen-bond donors (Lipinski definition) is 6. The summed E-state index contributed by atoms with van der Waals surface area (Å²) in [5.74, 6) is -1.23. The van der Waals surface area contributed by atoms with Crippen molar-refractivity contribution in [3.63, 3.8) is 0 Å². The highest BCUT2D eigenvalue weighted by atomic mass is 16.3. The van der Waals surface area contributed by atoms with Crippen LogP contribution < -0.4 is 16.4 Å². The number of nitrogens with zero attached hydrogens (tertiary/aromatic N) is 2. The van der Waals surface area contributed by atoms with Gasteiger partial charge in [-0.1, -0.05) is 72.3 Å². The average molecular weight is 617 g/mol. The van der Waals surface area contributed by atoms with E-state index in [4.69, 9.17) is 11.1 Å². The highest BCUT2D eigenvalue weighted by Crippen LogP contribution is 2.40. The summed E-state index contributed by atoms with van der Waals surface area (Å²) in [4.78, 5) is 44.7. The first-order valence-corrected chi connectivity index (χ1v) is 15.8. The first kappa shape index (κ1) is 32.2. The van der Waals surface area contributed by atoms with Gasteiger partial charge in [-0.25, -0.2) is 0 Å². The minimum Gasteiger partial charge on any atom is -0.393 e. The van der Waals surface area contributed by atoms with Crippen LogP contribution in [-0.2, 0) is 27.2 Å². The molecule has 2 aromatic carbocycles. The largest absolute Gasteiger partial charge is 0.393 e. The zero-order valence-electron chi connectivity index (χ0n) is 25.5. The number of fused-ring (bicyclic) bond motifs is 1. The van der Waals surface area contributed by atoms with Crippen LogP contribution in [0.15, 0.2) is 72.3 Å². The molecule has 1 saturated carbocycles. The second kappa shape index (κ2) is 14.7. The van der Waals surface area contributed by atoms with Crippen molar-refractivity contribution in [1.82, 2.24) is 20.4 Å². The van der Waals surface area contributed by atoms with Gasteiger partial charge in [-0.05, 0) is 49.1 Å². The van der Waals surface area contributed by atoms with Gasteiger partial charge < -0.3 is 36.4 Å². The predicted octanol–water partition coefficient (Wildman–Crippen LogP) is 1.09. The lowest BCUT2D eigenvalue weighted by Gasteiger charge is -2.37. The fraction of sp³-hybridized carbons (Fsp3) is 0.471. The molecule has 11 nitrogen and oxygen atoms in total. The van der Waals surface area contributed by atoms with Crippen molar-refractivity contribution in [2.45, 2.75) is 75.3 Å². The van der Waals surface area contributed by atoms with E-state index in [2.05, 4.69) is 10.6 Å². The van der Waals surface area contributed by atoms with Gasteiger partial charge in [-0.3, -0.25) is 19.8 Å². The Morgan fingerprint density at radius 3 is 2.29 bits per heavy atom. The second-order valence-corrected chi connectivity index (χ2v) is 12.4. The summed E-state index contributed by atoms with van der Waals surface area (Å²) in [5.41, 5.74) is 8.31. The molecule has 5 rings (SSSR count). The lowest BCUT2D eigenvalue weighted by molar-refractivity contribution is -0.145. The number of benzene rings is 2. The molecule has 2 aromatic rings. The van der Waals surface area contributed by atoms with E-state index in [9.17, 15) is 24.6 Å². The molecule has 7 N–H and O–H groups in total. The van der Waals surface area contributed by atoms with Crippen molar-refractivity contribution >= 4 is 23.7 Å². The van der Waals surface area contributed by atoms with E-state index in [-0.39, 0.29) is 36.7 Å². The van der Waals surface area contributed by atoms with Gasteiger partial charge in [0.15, 0.2) is 5.96 Å². The van der Waals surface area contributed by atoms with E-state index in [1.165, 1.54) is 0 Å². The van der Waals surface area contributed by atoms with Crippen LogP contribution in [0.5, 0.6) is 0 Å². The maximum Gasteiger partial charge on any atom is 0.249 e. The van der Waals surface area contributed by atoms with Gasteiger partial charge >= 0.3 is 0 Å². The molecule has 0 spiro atoms. The number of nitrogens with two attached hydrogens (primary N) is 1. The third-order valence-electron chi connectivity index (χ3n) is 9.26. The normalized spacial score (nSPS) is 23.9. The number of carbonyl (C=O) groups excluding carboxylic acids is 3. The molecule has 0 bridgehead atoms. The molecule has 2 aliphatic heterocycles. The zero-order chi connectivity index (χ0) is 31.9. The van der Waals surface area contributed by atoms with Crippen LogP contribution in [-0.4, -0.2) is 93.7 Å². The molecule has 45 heavy (non-hydrogen) atoms. The van der Waals surface area contributed by atoms with E-state index in [0.717, 1.165) is 16.7 Å². The Morgan fingerprint density at radius 2 is 1.64 bits per heavy atom. The van der Waals surface area contributed by atoms with E-state index < -0.39 is 36.1 Å². The molecule has 1 aliphatic carbocycles. The molecule has 6 atom stereocenters. The van der Waals surface area contributed by atoms with Crippen LogP contribution in [0.25, 0.3) is 0 Å². The molecule has 3 amide bonds. The number of rotatable bonds is 11. The van der Waals surface area contributed by atoms with Gasteiger partial charge in [0.05, 0.1) is 6.10 Å². The Hall–Kier alpha value is -4.22. The van der Waals surface area contributed by atoms with Crippen LogP contribution in [0.2, 0.25) is 0 Å². The number of carbonyl (C=O) groups is 3. The molecular formula is C34H44N6O5. The van der Waals surface area contributed by atoms with Crippen molar-refractivity contribution in [3.05, 3.63) is 83.4 Å². The Morgan fingerprint density at radius 1 is 0.978 bits per heavy atom. The number of hydrogen-bond acceptors (Lipinski definition) is 6. The van der Waals surface area contributed by atoms with E-state index >= 15 is 0 Å². The number of likely N-dealkylation sites (tertiary alicyclic amines) is 1. The van der Waals surface area contributed by atoms with Crippen LogP contribution in [0, 0.1) is 11.3 Å². The maximum atomic E-state index is 14.4.